The van der Waals surface area contributed by atoms with E-state index in [-0.39, 0.29) is 18.2 Å². The summed E-state index contributed by atoms with van der Waals surface area (Å²) >= 11 is 0. The van der Waals surface area contributed by atoms with E-state index >= 15 is 0 Å². The van der Waals surface area contributed by atoms with Crippen LogP contribution in [-0.4, -0.2) is 40.5 Å². The van der Waals surface area contributed by atoms with Gasteiger partial charge in [-0.15, -0.1) is 18.8 Å². The first kappa shape index (κ1) is 16.0. The SMILES string of the molecule is C#Cc1ccc2[nH]nc(C(=O)C[C@H]3CN4CCC3CC4)c2c1.Cl. The Morgan fingerprint density at radius 3 is 2.83 bits per heavy atom. The average Bonchev–Trinajstić information content (AvgIpc) is 2.99. The van der Waals surface area contributed by atoms with E-state index in [0.29, 0.717) is 24.0 Å². The fourth-order valence-electron chi connectivity index (χ4n) is 3.97. The number of terminal acetylenes is 1. The summed E-state index contributed by atoms with van der Waals surface area (Å²) in [6, 6.07) is 5.63. The Labute approximate surface area is 142 Å². The number of ketones is 1. The summed E-state index contributed by atoms with van der Waals surface area (Å²) in [6.07, 6.45) is 8.53. The minimum Gasteiger partial charge on any atom is -0.303 e. The van der Waals surface area contributed by atoms with Crippen LogP contribution in [0.5, 0.6) is 0 Å². The molecule has 2 aromatic rings. The molecule has 4 heterocycles. The molecule has 120 valence electrons. The van der Waals surface area contributed by atoms with Crippen molar-refractivity contribution in [3.63, 3.8) is 0 Å². The second-order valence-electron chi connectivity index (χ2n) is 6.50. The number of aromatic nitrogens is 2. The van der Waals surface area contributed by atoms with Crippen LogP contribution in [0, 0.1) is 24.2 Å². The lowest BCUT2D eigenvalue weighted by atomic mass is 9.76. The molecule has 23 heavy (non-hydrogen) atoms. The zero-order chi connectivity index (χ0) is 15.1. The molecule has 1 N–H and O–H groups in total. The van der Waals surface area contributed by atoms with Crippen LogP contribution in [0.15, 0.2) is 18.2 Å². The lowest BCUT2D eigenvalue weighted by molar-refractivity contribution is 0.0440. The normalized spacial score (nSPS) is 25.8. The number of nitrogens with zero attached hydrogens (tertiary/aromatic N) is 2. The zero-order valence-corrected chi connectivity index (χ0v) is 13.7. The minimum atomic E-state index is 0. The maximum absolute atomic E-state index is 12.7. The van der Waals surface area contributed by atoms with Gasteiger partial charge in [-0.1, -0.05) is 5.92 Å². The molecule has 0 spiro atoms. The Hall–Kier alpha value is -1.83. The maximum atomic E-state index is 12.7. The van der Waals surface area contributed by atoms with Gasteiger partial charge in [0, 0.05) is 23.9 Å². The predicted octanol–water partition coefficient (Wildman–Crippen LogP) is 2.88. The molecule has 4 nitrogen and oxygen atoms in total. The van der Waals surface area contributed by atoms with E-state index < -0.39 is 0 Å². The third-order valence-electron chi connectivity index (χ3n) is 5.23. The number of Topliss-reactive ketones (excluding diaryl/α,β-unsaturated/α-hetero) is 1. The molecule has 5 heteroatoms. The van der Waals surface area contributed by atoms with Crippen LogP contribution >= 0.6 is 12.4 Å². The molecule has 5 rings (SSSR count). The van der Waals surface area contributed by atoms with Crippen LogP contribution in [-0.2, 0) is 0 Å². The summed E-state index contributed by atoms with van der Waals surface area (Å²) in [6.45, 7) is 3.47. The first-order valence-corrected chi connectivity index (χ1v) is 7.95. The summed E-state index contributed by atoms with van der Waals surface area (Å²) in [5, 5.41) is 8.03. The number of hydrogen-bond donors (Lipinski definition) is 1. The van der Waals surface area contributed by atoms with E-state index in [4.69, 9.17) is 6.42 Å². The van der Waals surface area contributed by atoms with Crippen molar-refractivity contribution in [2.75, 3.05) is 19.6 Å². The zero-order valence-electron chi connectivity index (χ0n) is 12.9. The highest BCUT2D eigenvalue weighted by Gasteiger charge is 2.35. The fraction of sp³-hybridized carbons (Fsp3) is 0.444. The number of benzene rings is 1. The third kappa shape index (κ3) is 2.87. The minimum absolute atomic E-state index is 0. The monoisotopic (exact) mass is 329 g/mol. The number of hydrogen-bond acceptors (Lipinski definition) is 3. The molecule has 1 atom stereocenters. The smallest absolute Gasteiger partial charge is 0.184 e. The molecule has 3 aliphatic rings. The van der Waals surface area contributed by atoms with Crippen LogP contribution in [0.3, 0.4) is 0 Å². The average molecular weight is 330 g/mol. The van der Waals surface area contributed by atoms with Crippen molar-refractivity contribution in [2.24, 2.45) is 11.8 Å². The third-order valence-corrected chi connectivity index (χ3v) is 5.23. The number of halogens is 1. The van der Waals surface area contributed by atoms with Gasteiger partial charge in [-0.2, -0.15) is 5.10 Å². The molecule has 2 bridgehead atoms. The van der Waals surface area contributed by atoms with Gasteiger partial charge < -0.3 is 4.90 Å². The van der Waals surface area contributed by atoms with Crippen LogP contribution < -0.4 is 0 Å². The molecule has 3 aliphatic heterocycles. The van der Waals surface area contributed by atoms with E-state index in [1.54, 1.807) is 0 Å². The standard InChI is InChI=1S/C18H19N3O.ClH/c1-2-12-3-4-16-15(9-12)18(20-19-16)17(22)10-14-11-21-7-5-13(14)6-8-21;/h1,3-4,9,13-14H,5-8,10-11H2,(H,19,20);1H/t14-;/m0./s1. The summed E-state index contributed by atoms with van der Waals surface area (Å²) < 4.78 is 0. The molecule has 0 unspecified atom stereocenters. The van der Waals surface area contributed by atoms with Gasteiger partial charge in [0.25, 0.3) is 0 Å². The van der Waals surface area contributed by atoms with Gasteiger partial charge in [0.15, 0.2) is 5.78 Å². The highest BCUT2D eigenvalue weighted by Crippen LogP contribution is 2.35. The van der Waals surface area contributed by atoms with Crippen LogP contribution in [0.1, 0.15) is 35.3 Å². The molecule has 0 saturated carbocycles. The van der Waals surface area contributed by atoms with Gasteiger partial charge >= 0.3 is 0 Å². The van der Waals surface area contributed by atoms with Crippen molar-refractivity contribution >= 4 is 29.1 Å². The van der Waals surface area contributed by atoms with E-state index in [1.165, 1.54) is 25.9 Å². The summed E-state index contributed by atoms with van der Waals surface area (Å²) in [5.74, 6) is 3.95. The largest absolute Gasteiger partial charge is 0.303 e. The number of H-pyrrole nitrogens is 1. The van der Waals surface area contributed by atoms with Gasteiger partial charge in [0.05, 0.1) is 5.52 Å². The first-order valence-electron chi connectivity index (χ1n) is 7.95. The molecule has 0 amide bonds. The molecule has 3 saturated heterocycles. The van der Waals surface area contributed by atoms with Crippen LogP contribution in [0.2, 0.25) is 0 Å². The second-order valence-corrected chi connectivity index (χ2v) is 6.50. The Kier molecular flexibility index (Phi) is 4.43. The van der Waals surface area contributed by atoms with Crippen molar-refractivity contribution < 1.29 is 4.79 Å². The van der Waals surface area contributed by atoms with E-state index in [0.717, 1.165) is 23.0 Å². The van der Waals surface area contributed by atoms with Gasteiger partial charge in [0.2, 0.25) is 0 Å². The molecular weight excluding hydrogens is 310 g/mol. The Morgan fingerprint density at radius 1 is 1.39 bits per heavy atom. The highest BCUT2D eigenvalue weighted by atomic mass is 35.5. The second kappa shape index (κ2) is 6.35. The van der Waals surface area contributed by atoms with Gasteiger partial charge in [-0.25, -0.2) is 0 Å². The number of fused-ring (bicyclic) bond motifs is 4. The number of carbonyl (C=O) groups is 1. The van der Waals surface area contributed by atoms with E-state index in [9.17, 15) is 4.79 Å². The van der Waals surface area contributed by atoms with Gasteiger partial charge in [0.1, 0.15) is 5.69 Å². The molecule has 0 aliphatic carbocycles. The lowest BCUT2D eigenvalue weighted by Gasteiger charge is -2.44. The van der Waals surface area contributed by atoms with Crippen molar-refractivity contribution in [2.45, 2.75) is 19.3 Å². The van der Waals surface area contributed by atoms with Crippen LogP contribution in [0.25, 0.3) is 10.9 Å². The molecular formula is C18H20ClN3O. The number of carbonyl (C=O) groups excluding carboxylic acids is 1. The van der Waals surface area contributed by atoms with Gasteiger partial charge in [-0.05, 0) is 56.0 Å². The topological polar surface area (TPSA) is 49.0 Å². The Morgan fingerprint density at radius 2 is 2.17 bits per heavy atom. The molecule has 3 fully saturated rings. The van der Waals surface area contributed by atoms with Crippen molar-refractivity contribution in [3.8, 4) is 12.3 Å². The first-order chi connectivity index (χ1) is 10.7. The molecule has 1 aromatic carbocycles. The van der Waals surface area contributed by atoms with Crippen molar-refractivity contribution in [3.05, 3.63) is 29.5 Å². The highest BCUT2D eigenvalue weighted by molar-refractivity contribution is 6.06. The summed E-state index contributed by atoms with van der Waals surface area (Å²) in [4.78, 5) is 15.2. The van der Waals surface area contributed by atoms with E-state index in [2.05, 4.69) is 21.0 Å². The quantitative estimate of drug-likeness (QED) is 0.696. The predicted molar refractivity (Wildman–Crippen MR) is 92.9 cm³/mol. The van der Waals surface area contributed by atoms with Crippen molar-refractivity contribution in [1.82, 2.24) is 15.1 Å². The summed E-state index contributed by atoms with van der Waals surface area (Å²) in [5.41, 5.74) is 2.20. The number of aromatic amines is 1. The van der Waals surface area contributed by atoms with E-state index in [1.807, 2.05) is 18.2 Å². The maximum Gasteiger partial charge on any atom is 0.184 e. The number of piperidine rings is 3. The van der Waals surface area contributed by atoms with Crippen molar-refractivity contribution in [1.29, 1.82) is 0 Å². The summed E-state index contributed by atoms with van der Waals surface area (Å²) in [7, 11) is 0. The molecule has 1 aromatic heterocycles. The van der Waals surface area contributed by atoms with Crippen LogP contribution in [0.4, 0.5) is 0 Å². The fourth-order valence-corrected chi connectivity index (χ4v) is 3.97. The Balaban J connectivity index is 0.00000156. The lowest BCUT2D eigenvalue weighted by Crippen LogP contribution is -2.47. The van der Waals surface area contributed by atoms with Gasteiger partial charge in [-0.3, -0.25) is 9.89 Å². The number of nitrogens with one attached hydrogen (secondary N) is 1. The number of rotatable bonds is 3. The Bertz CT molecular complexity index is 768. The molecule has 0 radical (unpaired) electrons.